The van der Waals surface area contributed by atoms with Gasteiger partial charge in [0, 0.05) is 17.3 Å². The molecule has 1 aliphatic carbocycles. The van der Waals surface area contributed by atoms with Crippen LogP contribution in [0.1, 0.15) is 29.5 Å². The summed E-state index contributed by atoms with van der Waals surface area (Å²) in [7, 11) is 0. The van der Waals surface area contributed by atoms with Crippen LogP contribution in [0.4, 0.5) is 5.69 Å². The predicted octanol–water partition coefficient (Wildman–Crippen LogP) is 5.17. The average Bonchev–Trinajstić information content (AvgIpc) is 3.71. The Bertz CT molecular complexity index is 1180. The lowest BCUT2D eigenvalue weighted by Gasteiger charge is -2.11. The Balaban J connectivity index is 1.57. The summed E-state index contributed by atoms with van der Waals surface area (Å²) in [6.07, 6.45) is 7.10. The molecule has 0 heterocycles. The number of carbonyl (C=O) groups is 2. The molecule has 6 heteroatoms. The van der Waals surface area contributed by atoms with Crippen molar-refractivity contribution in [3.05, 3.63) is 102 Å². The van der Waals surface area contributed by atoms with Gasteiger partial charge in [-0.2, -0.15) is 0 Å². The number of hydrogen-bond acceptors (Lipinski definition) is 4. The molecule has 0 aromatic heterocycles. The van der Waals surface area contributed by atoms with E-state index in [1.165, 1.54) is 18.9 Å². The van der Waals surface area contributed by atoms with Gasteiger partial charge in [0.2, 0.25) is 0 Å². The number of amides is 2. The number of anilines is 1. The molecule has 172 valence electrons. The van der Waals surface area contributed by atoms with Gasteiger partial charge in [0.1, 0.15) is 5.75 Å². The lowest BCUT2D eigenvalue weighted by molar-refractivity contribution is -0.124. The molecule has 0 aliphatic heterocycles. The van der Waals surface area contributed by atoms with E-state index < -0.39 is 5.91 Å². The molecule has 0 unspecified atom stereocenters. The predicted molar refractivity (Wildman–Crippen MR) is 133 cm³/mol. The van der Waals surface area contributed by atoms with Gasteiger partial charge in [-0.05, 0) is 71.9 Å². The van der Waals surface area contributed by atoms with Crippen LogP contribution in [0, 0.1) is 5.92 Å². The van der Waals surface area contributed by atoms with Crippen LogP contribution in [0.5, 0.6) is 5.75 Å². The fourth-order valence-electron chi connectivity index (χ4n) is 3.31. The number of para-hydroxylation sites is 1. The Morgan fingerprint density at radius 3 is 2.24 bits per heavy atom. The SMILES string of the molecule is O=C(/C=C/c1ccc(C=C(C(=O)Nc2ccccc2)c2ccc(OCC3CC3)cc2)cc1)NO. The van der Waals surface area contributed by atoms with Crippen LogP contribution in [0.15, 0.2) is 84.9 Å². The number of benzene rings is 3. The van der Waals surface area contributed by atoms with Crippen molar-refractivity contribution >= 4 is 35.2 Å². The van der Waals surface area contributed by atoms with E-state index in [-0.39, 0.29) is 5.91 Å². The van der Waals surface area contributed by atoms with Gasteiger partial charge >= 0.3 is 0 Å². The second kappa shape index (κ2) is 11.1. The fraction of sp³-hybridized carbons (Fsp3) is 0.143. The van der Waals surface area contributed by atoms with E-state index in [1.807, 2.05) is 84.9 Å². The van der Waals surface area contributed by atoms with Crippen LogP contribution in [0.3, 0.4) is 0 Å². The van der Waals surface area contributed by atoms with Gasteiger partial charge in [-0.15, -0.1) is 0 Å². The Labute approximate surface area is 198 Å². The quantitative estimate of drug-likeness (QED) is 0.180. The highest BCUT2D eigenvalue weighted by molar-refractivity contribution is 6.29. The van der Waals surface area contributed by atoms with E-state index in [4.69, 9.17) is 9.94 Å². The van der Waals surface area contributed by atoms with Crippen molar-refractivity contribution < 1.29 is 19.5 Å². The topological polar surface area (TPSA) is 87.7 Å². The highest BCUT2D eigenvalue weighted by atomic mass is 16.5. The molecule has 1 fully saturated rings. The number of rotatable bonds is 9. The van der Waals surface area contributed by atoms with E-state index in [9.17, 15) is 9.59 Å². The summed E-state index contributed by atoms with van der Waals surface area (Å²) >= 11 is 0. The normalized spacial score (nSPS) is 13.5. The zero-order valence-corrected chi connectivity index (χ0v) is 18.6. The third-order valence-corrected chi connectivity index (χ3v) is 5.41. The van der Waals surface area contributed by atoms with E-state index in [2.05, 4.69) is 5.32 Å². The van der Waals surface area contributed by atoms with Gasteiger partial charge in [-0.1, -0.05) is 54.6 Å². The summed E-state index contributed by atoms with van der Waals surface area (Å²) in [5.74, 6) is 0.638. The molecule has 0 bridgehead atoms. The van der Waals surface area contributed by atoms with Crippen molar-refractivity contribution in [2.24, 2.45) is 5.92 Å². The van der Waals surface area contributed by atoms with E-state index in [0.717, 1.165) is 29.0 Å². The minimum Gasteiger partial charge on any atom is -0.493 e. The number of carbonyl (C=O) groups excluding carboxylic acids is 2. The Morgan fingerprint density at radius 1 is 0.912 bits per heavy atom. The first-order valence-electron chi connectivity index (χ1n) is 11.1. The minimum absolute atomic E-state index is 0.221. The molecule has 0 spiro atoms. The third kappa shape index (κ3) is 6.67. The first-order valence-corrected chi connectivity index (χ1v) is 11.1. The number of nitrogens with one attached hydrogen (secondary N) is 2. The molecule has 3 N–H and O–H groups in total. The maximum atomic E-state index is 13.2. The highest BCUT2D eigenvalue weighted by Crippen LogP contribution is 2.30. The number of hydrogen-bond donors (Lipinski definition) is 3. The zero-order valence-electron chi connectivity index (χ0n) is 18.6. The molecule has 3 aromatic rings. The van der Waals surface area contributed by atoms with Crippen LogP contribution in [-0.4, -0.2) is 23.6 Å². The fourth-order valence-corrected chi connectivity index (χ4v) is 3.31. The second-order valence-corrected chi connectivity index (χ2v) is 8.13. The third-order valence-electron chi connectivity index (χ3n) is 5.41. The molecule has 2 amide bonds. The summed E-state index contributed by atoms with van der Waals surface area (Å²) in [5, 5.41) is 11.5. The summed E-state index contributed by atoms with van der Waals surface area (Å²) in [4.78, 5) is 24.4. The molecule has 1 saturated carbocycles. The van der Waals surface area contributed by atoms with E-state index in [1.54, 1.807) is 11.6 Å². The monoisotopic (exact) mass is 454 g/mol. The summed E-state index contributed by atoms with van der Waals surface area (Å²) in [6.45, 7) is 0.733. The van der Waals surface area contributed by atoms with Gasteiger partial charge in [-0.3, -0.25) is 14.8 Å². The van der Waals surface area contributed by atoms with Gasteiger partial charge in [0.25, 0.3) is 11.8 Å². The number of hydroxylamine groups is 1. The summed E-state index contributed by atoms with van der Waals surface area (Å²) in [5.41, 5.74) is 5.17. The molecule has 0 saturated heterocycles. The first kappa shape index (κ1) is 23.0. The zero-order chi connectivity index (χ0) is 23.8. The van der Waals surface area contributed by atoms with Crippen molar-refractivity contribution in [1.29, 1.82) is 0 Å². The molecule has 34 heavy (non-hydrogen) atoms. The first-order chi connectivity index (χ1) is 16.6. The molecule has 0 atom stereocenters. The van der Waals surface area contributed by atoms with Crippen LogP contribution in [0.2, 0.25) is 0 Å². The largest absolute Gasteiger partial charge is 0.493 e. The molecular formula is C28H26N2O4. The molecule has 3 aromatic carbocycles. The van der Waals surface area contributed by atoms with Crippen LogP contribution < -0.4 is 15.5 Å². The van der Waals surface area contributed by atoms with E-state index in [0.29, 0.717) is 17.2 Å². The molecular weight excluding hydrogens is 428 g/mol. The standard InChI is InChI=1S/C28H26N2O4/c31-27(30-33)17-12-20-6-8-21(9-7-20)18-26(28(32)29-24-4-2-1-3-5-24)23-13-15-25(16-14-23)34-19-22-10-11-22/h1-9,12-18,22,33H,10-11,19H2,(H,29,32)(H,30,31)/b17-12+,26-18?. The van der Waals surface area contributed by atoms with E-state index >= 15 is 0 Å². The van der Waals surface area contributed by atoms with Crippen molar-refractivity contribution in [2.45, 2.75) is 12.8 Å². The average molecular weight is 455 g/mol. The molecule has 0 radical (unpaired) electrons. The smallest absolute Gasteiger partial charge is 0.267 e. The lowest BCUT2D eigenvalue weighted by atomic mass is 10.0. The van der Waals surface area contributed by atoms with Crippen LogP contribution in [-0.2, 0) is 9.59 Å². The minimum atomic E-state index is -0.603. The summed E-state index contributed by atoms with van der Waals surface area (Å²) < 4.78 is 5.83. The molecule has 4 rings (SSSR count). The lowest BCUT2D eigenvalue weighted by Crippen LogP contribution is -2.14. The van der Waals surface area contributed by atoms with Crippen molar-refractivity contribution in [3.8, 4) is 5.75 Å². The van der Waals surface area contributed by atoms with Gasteiger partial charge < -0.3 is 10.1 Å². The molecule has 6 nitrogen and oxygen atoms in total. The van der Waals surface area contributed by atoms with Gasteiger partial charge in [0.15, 0.2) is 0 Å². The van der Waals surface area contributed by atoms with Gasteiger partial charge in [0.05, 0.1) is 6.61 Å². The maximum absolute atomic E-state index is 13.2. The highest BCUT2D eigenvalue weighted by Gasteiger charge is 2.22. The summed E-state index contributed by atoms with van der Waals surface area (Å²) in [6, 6.07) is 24.3. The number of ether oxygens (including phenoxy) is 1. The second-order valence-electron chi connectivity index (χ2n) is 8.13. The van der Waals surface area contributed by atoms with Crippen molar-refractivity contribution in [3.63, 3.8) is 0 Å². The maximum Gasteiger partial charge on any atom is 0.267 e. The Hall–Kier alpha value is -4.16. The van der Waals surface area contributed by atoms with Crippen LogP contribution in [0.25, 0.3) is 17.7 Å². The van der Waals surface area contributed by atoms with Crippen molar-refractivity contribution in [2.75, 3.05) is 11.9 Å². The van der Waals surface area contributed by atoms with Crippen molar-refractivity contribution in [1.82, 2.24) is 5.48 Å². The Morgan fingerprint density at radius 2 is 1.59 bits per heavy atom. The Kier molecular flexibility index (Phi) is 7.53. The van der Waals surface area contributed by atoms with Crippen LogP contribution >= 0.6 is 0 Å². The molecule has 1 aliphatic rings. The van der Waals surface area contributed by atoms with Gasteiger partial charge in [-0.25, -0.2) is 5.48 Å².